The van der Waals surface area contributed by atoms with E-state index in [1.807, 2.05) is 121 Å². The van der Waals surface area contributed by atoms with Crippen LogP contribution in [0.25, 0.3) is 243 Å². The normalized spacial score (nSPS) is 12.1. The lowest BCUT2D eigenvalue weighted by Crippen LogP contribution is -2.06. The van der Waals surface area contributed by atoms with E-state index in [2.05, 4.69) is 221 Å². The average Bonchev–Trinajstić information content (AvgIpc) is 1.56. The lowest BCUT2D eigenvalue weighted by atomic mass is 9.93. The fourth-order valence-corrected chi connectivity index (χ4v) is 17.4. The zero-order chi connectivity index (χ0) is 72.5. The van der Waals surface area contributed by atoms with Gasteiger partial charge < -0.3 is 22.1 Å². The molecule has 0 aliphatic rings. The molecule has 111 heavy (non-hydrogen) atoms. The first-order valence-electron chi connectivity index (χ1n) is 37.1. The molecule has 0 aliphatic heterocycles. The quantitative estimate of drug-likeness (QED) is 0.151. The van der Waals surface area contributed by atoms with Gasteiger partial charge in [0.2, 0.25) is 11.9 Å². The van der Waals surface area contributed by atoms with E-state index in [1.54, 1.807) is 0 Å². The van der Waals surface area contributed by atoms with E-state index in [9.17, 15) is 0 Å². The van der Waals surface area contributed by atoms with Crippen molar-refractivity contribution < 1.29 is 22.1 Å². The van der Waals surface area contributed by atoms with Gasteiger partial charge in [-0.2, -0.15) is 9.97 Å². The summed E-state index contributed by atoms with van der Waals surface area (Å²) < 4.78 is 37.7. The number of rotatable bonds is 7. The summed E-state index contributed by atoms with van der Waals surface area (Å²) in [5, 5.41) is 18.4. The van der Waals surface area contributed by atoms with Crippen molar-refractivity contribution in [3.8, 4) is 68.2 Å². The standard InChI is InChI=1S/C50H27N3O3.C49H28N4O2/c1-2-12-28(13-3-1)46-49-47(35-18-8-11-21-41(35)55-49)52-50(51-46)53-38-19-9-6-17-34(38)45-39(53)25-24-36-44-33-16-5-4-14-30(33)37(27-43(44)56-48(36)45)29-22-23-32-31-15-7-10-20-40(31)54-42(32)26-29;1-3-14-29(15-4-1)47-50-48(30-16-5-2-6-17-30)52-49(51-47)53-39-24-11-9-21-36(39)44-40(53)27-26-37-43-33-20-8-7-18-31(33)38(28-42(43)55-46(37)44)35-23-13-22-34-32-19-10-12-25-41(32)54-45(34)35/h1-27H;1-28H. The molecule has 0 bridgehead atoms. The molecule has 25 aromatic rings. The van der Waals surface area contributed by atoms with Crippen LogP contribution in [0.15, 0.2) is 356 Å². The van der Waals surface area contributed by atoms with Gasteiger partial charge >= 0.3 is 0 Å². The molecule has 12 nitrogen and oxygen atoms in total. The van der Waals surface area contributed by atoms with Crippen molar-refractivity contribution in [1.29, 1.82) is 0 Å². The number of nitrogens with zero attached hydrogens (tertiary/aromatic N) is 7. The van der Waals surface area contributed by atoms with Crippen LogP contribution in [0.5, 0.6) is 0 Å². The van der Waals surface area contributed by atoms with Crippen LogP contribution in [0.1, 0.15) is 0 Å². The minimum atomic E-state index is 0.543. The summed E-state index contributed by atoms with van der Waals surface area (Å²) >= 11 is 0. The lowest BCUT2D eigenvalue weighted by molar-refractivity contribution is 0.666. The van der Waals surface area contributed by atoms with Gasteiger partial charge in [-0.1, -0.05) is 249 Å². The van der Waals surface area contributed by atoms with E-state index in [0.717, 1.165) is 214 Å². The van der Waals surface area contributed by atoms with Gasteiger partial charge in [0.05, 0.1) is 32.8 Å². The second-order valence-electron chi connectivity index (χ2n) is 28.4. The van der Waals surface area contributed by atoms with Crippen molar-refractivity contribution in [2.45, 2.75) is 0 Å². The number of benzene rings is 16. The van der Waals surface area contributed by atoms with Gasteiger partial charge in [-0.25, -0.2) is 15.0 Å². The Morgan fingerprint density at radius 3 is 1.22 bits per heavy atom. The Morgan fingerprint density at radius 2 is 0.622 bits per heavy atom. The van der Waals surface area contributed by atoms with Crippen LogP contribution in [0.3, 0.4) is 0 Å². The van der Waals surface area contributed by atoms with Gasteiger partial charge in [-0.15, -0.1) is 0 Å². The van der Waals surface area contributed by atoms with Crippen molar-refractivity contribution >= 4 is 175 Å². The topological polar surface area (TPSA) is 140 Å². The van der Waals surface area contributed by atoms with E-state index in [-0.39, 0.29) is 0 Å². The Labute approximate surface area is 629 Å². The Hall–Kier alpha value is -15.3. The highest BCUT2D eigenvalue weighted by Crippen LogP contribution is 2.50. The maximum Gasteiger partial charge on any atom is 0.238 e. The zero-order valence-corrected chi connectivity index (χ0v) is 58.9. The molecule has 0 saturated heterocycles. The SMILES string of the molecule is c1ccc(-c2nc(-c3ccccc3)nc(-n3c4ccccc4c4c5oc6cc(-c7cccc8c7oc7ccccc78)c7ccccc7c6c5ccc43)n2)cc1.c1ccc(-c2nc(-n3c4ccccc4c4c5oc6cc(-c7ccc8c(c7)oc7ccccc78)c7ccccc7c6c5ccc43)nc3c2oc2ccccc23)cc1. The number of hydrogen-bond donors (Lipinski definition) is 0. The molecule has 0 unspecified atom stereocenters. The molecule has 0 saturated carbocycles. The molecule has 0 aliphatic carbocycles. The highest BCUT2D eigenvalue weighted by molar-refractivity contribution is 6.31. The molecule has 0 spiro atoms. The first-order chi connectivity index (χ1) is 55.0. The third kappa shape index (κ3) is 9.13. The molecule has 9 aromatic heterocycles. The smallest absolute Gasteiger partial charge is 0.238 e. The Bertz CT molecular complexity index is 8170. The Balaban J connectivity index is 0.000000129. The number of aromatic nitrogens is 7. The summed E-state index contributed by atoms with van der Waals surface area (Å²) in [5.74, 6) is 2.33. The maximum absolute atomic E-state index is 7.05. The van der Waals surface area contributed by atoms with Crippen molar-refractivity contribution in [3.63, 3.8) is 0 Å². The van der Waals surface area contributed by atoms with E-state index in [0.29, 0.717) is 29.1 Å². The molecule has 0 amide bonds. The zero-order valence-electron chi connectivity index (χ0n) is 58.9. The molecule has 9 heterocycles. The molecule has 0 atom stereocenters. The van der Waals surface area contributed by atoms with E-state index in [4.69, 9.17) is 47.0 Å². The molecule has 12 heteroatoms. The summed E-state index contributed by atoms with van der Waals surface area (Å²) in [6, 6.07) is 115. The fraction of sp³-hybridized carbons (Fsp3) is 0. The Morgan fingerprint density at radius 1 is 0.198 bits per heavy atom. The van der Waals surface area contributed by atoms with Crippen molar-refractivity contribution in [3.05, 3.63) is 334 Å². The Kier molecular flexibility index (Phi) is 13.0. The summed E-state index contributed by atoms with van der Waals surface area (Å²) in [6.45, 7) is 0. The molecule has 0 fully saturated rings. The second kappa shape index (κ2) is 23.6. The summed E-state index contributed by atoms with van der Waals surface area (Å²) in [6.07, 6.45) is 0. The van der Waals surface area contributed by atoms with Crippen LogP contribution in [0, 0.1) is 0 Å². The summed E-state index contributed by atoms with van der Waals surface area (Å²) in [4.78, 5) is 25.7. The number of para-hydroxylation sites is 6. The minimum absolute atomic E-state index is 0.543. The van der Waals surface area contributed by atoms with Crippen molar-refractivity contribution in [1.82, 2.24) is 34.1 Å². The van der Waals surface area contributed by atoms with Crippen LogP contribution in [-0.4, -0.2) is 34.1 Å². The molecule has 0 N–H and O–H groups in total. The molecule has 25 rings (SSSR count). The highest BCUT2D eigenvalue weighted by atomic mass is 16.3. The number of furan rings is 5. The highest BCUT2D eigenvalue weighted by Gasteiger charge is 2.28. The number of fused-ring (bicyclic) bond motifs is 27. The first-order valence-corrected chi connectivity index (χ1v) is 37.1. The van der Waals surface area contributed by atoms with E-state index in [1.165, 1.54) is 0 Å². The fourth-order valence-electron chi connectivity index (χ4n) is 17.4. The molecule has 0 radical (unpaired) electrons. The summed E-state index contributed by atoms with van der Waals surface area (Å²) in [5.41, 5.74) is 20.8. The molecule has 516 valence electrons. The van der Waals surface area contributed by atoms with E-state index >= 15 is 0 Å². The first kappa shape index (κ1) is 60.9. The molecular weight excluding hydrogens is 1370 g/mol. The minimum Gasteiger partial charge on any atom is -0.456 e. The number of hydrogen-bond acceptors (Lipinski definition) is 10. The maximum atomic E-state index is 7.05. The van der Waals surface area contributed by atoms with Gasteiger partial charge in [0, 0.05) is 81.5 Å². The van der Waals surface area contributed by atoms with Crippen LogP contribution in [0.4, 0.5) is 0 Å². The average molecular weight is 1420 g/mol. The third-order valence-corrected chi connectivity index (χ3v) is 22.3. The van der Waals surface area contributed by atoms with Crippen LogP contribution in [0.2, 0.25) is 0 Å². The van der Waals surface area contributed by atoms with Gasteiger partial charge in [0.25, 0.3) is 0 Å². The predicted octanol–water partition coefficient (Wildman–Crippen LogP) is 26.7. The summed E-state index contributed by atoms with van der Waals surface area (Å²) in [7, 11) is 0. The van der Waals surface area contributed by atoms with Crippen LogP contribution >= 0.6 is 0 Å². The van der Waals surface area contributed by atoms with Crippen LogP contribution < -0.4 is 0 Å². The molecular formula is C99H55N7O5. The third-order valence-electron chi connectivity index (χ3n) is 22.3. The predicted molar refractivity (Wildman–Crippen MR) is 449 cm³/mol. The van der Waals surface area contributed by atoms with Gasteiger partial charge in [-0.05, 0) is 123 Å². The lowest BCUT2D eigenvalue weighted by Gasteiger charge is -2.10. The van der Waals surface area contributed by atoms with Gasteiger partial charge in [-0.3, -0.25) is 9.13 Å². The largest absolute Gasteiger partial charge is 0.456 e. The second-order valence-corrected chi connectivity index (χ2v) is 28.4. The monoisotopic (exact) mass is 1420 g/mol. The van der Waals surface area contributed by atoms with Crippen molar-refractivity contribution in [2.75, 3.05) is 0 Å². The van der Waals surface area contributed by atoms with Crippen LogP contribution in [-0.2, 0) is 0 Å². The van der Waals surface area contributed by atoms with E-state index < -0.39 is 0 Å². The van der Waals surface area contributed by atoms with Crippen molar-refractivity contribution in [2.24, 2.45) is 0 Å². The molecule has 16 aromatic carbocycles. The van der Waals surface area contributed by atoms with Gasteiger partial charge in [0.1, 0.15) is 61.5 Å². The van der Waals surface area contributed by atoms with Gasteiger partial charge in [0.15, 0.2) is 17.2 Å².